The smallest absolute Gasteiger partial charge is 0.251 e. The lowest BCUT2D eigenvalue weighted by Gasteiger charge is -2.19. The van der Waals surface area contributed by atoms with Crippen LogP contribution in [0.3, 0.4) is 0 Å². The van der Waals surface area contributed by atoms with Gasteiger partial charge >= 0.3 is 0 Å². The summed E-state index contributed by atoms with van der Waals surface area (Å²) >= 11 is 6.10. The number of benzene rings is 1. The van der Waals surface area contributed by atoms with Crippen LogP contribution in [0.1, 0.15) is 56.3 Å². The van der Waals surface area contributed by atoms with E-state index in [1.54, 1.807) is 19.9 Å². The molecule has 0 heterocycles. The van der Waals surface area contributed by atoms with Crippen molar-refractivity contribution in [3.8, 4) is 0 Å². The first-order valence-corrected chi connectivity index (χ1v) is 11.0. The molecule has 0 saturated carbocycles. The Morgan fingerprint density at radius 2 is 1.96 bits per heavy atom. The first kappa shape index (κ1) is 20.9. The normalized spacial score (nSPS) is 15.0. The van der Waals surface area contributed by atoms with Crippen LogP contribution in [0.25, 0.3) is 0 Å². The van der Waals surface area contributed by atoms with Crippen LogP contribution < -0.4 is 5.32 Å². The Hall–Kier alpha value is -1.37. The summed E-state index contributed by atoms with van der Waals surface area (Å²) < 4.78 is 26.8. The Morgan fingerprint density at radius 1 is 1.23 bits per heavy atom. The number of carbonyl (C=O) groups is 1. The van der Waals surface area contributed by atoms with Gasteiger partial charge in [0.25, 0.3) is 5.91 Å². The minimum absolute atomic E-state index is 0.0227. The number of amides is 1. The lowest BCUT2D eigenvalue weighted by atomic mass is 9.97. The van der Waals surface area contributed by atoms with Crippen molar-refractivity contribution in [2.24, 2.45) is 0 Å². The highest BCUT2D eigenvalue weighted by molar-refractivity contribution is 7.89. The Labute approximate surface area is 161 Å². The number of carbonyl (C=O) groups excluding carboxylic acids is 1. The number of allylic oxidation sites excluding steroid dienone is 1. The molecule has 0 spiro atoms. The van der Waals surface area contributed by atoms with E-state index in [2.05, 4.69) is 11.4 Å². The number of hydrogen-bond donors (Lipinski definition) is 1. The molecular weight excluding hydrogens is 372 g/mol. The molecule has 1 aliphatic carbocycles. The van der Waals surface area contributed by atoms with E-state index in [0.717, 1.165) is 19.3 Å². The molecule has 1 amide bonds. The zero-order chi connectivity index (χ0) is 19.2. The average Bonchev–Trinajstić information content (AvgIpc) is 2.63. The quantitative estimate of drug-likeness (QED) is 0.673. The molecule has 1 N–H and O–H groups in total. The van der Waals surface area contributed by atoms with Gasteiger partial charge in [0.15, 0.2) is 0 Å². The van der Waals surface area contributed by atoms with Crippen LogP contribution in [0.5, 0.6) is 0 Å². The van der Waals surface area contributed by atoms with Gasteiger partial charge < -0.3 is 5.32 Å². The number of sulfonamides is 1. The van der Waals surface area contributed by atoms with Crippen LogP contribution in [0.15, 0.2) is 34.7 Å². The number of nitrogens with zero attached hydrogens (tertiary/aromatic N) is 1. The Bertz CT molecular complexity index is 771. The van der Waals surface area contributed by atoms with E-state index >= 15 is 0 Å². The van der Waals surface area contributed by atoms with Crippen LogP contribution in [-0.4, -0.2) is 38.3 Å². The maximum atomic E-state index is 12.7. The highest BCUT2D eigenvalue weighted by Crippen LogP contribution is 2.26. The third-order valence-corrected chi connectivity index (χ3v) is 7.16. The molecule has 1 aromatic rings. The van der Waals surface area contributed by atoms with E-state index in [0.29, 0.717) is 25.2 Å². The number of halogens is 1. The summed E-state index contributed by atoms with van der Waals surface area (Å²) in [6.45, 7) is 4.78. The third-order valence-electron chi connectivity index (χ3n) is 4.63. The van der Waals surface area contributed by atoms with Crippen LogP contribution >= 0.6 is 11.6 Å². The van der Waals surface area contributed by atoms with E-state index in [9.17, 15) is 13.2 Å². The van der Waals surface area contributed by atoms with Gasteiger partial charge in [-0.05, 0) is 50.3 Å². The molecule has 7 heteroatoms. The zero-order valence-electron chi connectivity index (χ0n) is 15.4. The summed E-state index contributed by atoms with van der Waals surface area (Å²) in [5, 5.41) is 3.00. The molecule has 0 fully saturated rings. The second kappa shape index (κ2) is 9.53. The maximum absolute atomic E-state index is 12.7. The predicted octanol–water partition coefficient (Wildman–Crippen LogP) is 3.99. The van der Waals surface area contributed by atoms with E-state index < -0.39 is 10.0 Å². The second-order valence-electron chi connectivity index (χ2n) is 6.35. The minimum Gasteiger partial charge on any atom is -0.352 e. The molecule has 2 rings (SSSR count). The van der Waals surface area contributed by atoms with Crippen LogP contribution in [-0.2, 0) is 10.0 Å². The molecule has 0 unspecified atom stereocenters. The lowest BCUT2D eigenvalue weighted by Crippen LogP contribution is -2.31. The van der Waals surface area contributed by atoms with Gasteiger partial charge in [-0.3, -0.25) is 4.79 Å². The molecule has 26 heavy (non-hydrogen) atoms. The molecule has 144 valence electrons. The zero-order valence-corrected chi connectivity index (χ0v) is 17.0. The van der Waals surface area contributed by atoms with Gasteiger partial charge in [0, 0.05) is 25.2 Å². The first-order valence-electron chi connectivity index (χ1n) is 9.16. The van der Waals surface area contributed by atoms with Crippen molar-refractivity contribution in [2.75, 3.05) is 19.6 Å². The molecule has 5 nitrogen and oxygen atoms in total. The Balaban J connectivity index is 2.10. The van der Waals surface area contributed by atoms with Crippen molar-refractivity contribution in [1.82, 2.24) is 9.62 Å². The van der Waals surface area contributed by atoms with Crippen molar-refractivity contribution in [2.45, 2.75) is 50.8 Å². The summed E-state index contributed by atoms with van der Waals surface area (Å²) in [4.78, 5) is 12.4. The van der Waals surface area contributed by atoms with Crippen LogP contribution in [0, 0.1) is 0 Å². The number of rotatable bonds is 8. The largest absolute Gasteiger partial charge is 0.352 e. The highest BCUT2D eigenvalue weighted by Gasteiger charge is 2.25. The summed E-state index contributed by atoms with van der Waals surface area (Å²) in [5.41, 5.74) is 1.69. The van der Waals surface area contributed by atoms with E-state index in [1.165, 1.54) is 34.9 Å². The highest BCUT2D eigenvalue weighted by atomic mass is 35.5. The van der Waals surface area contributed by atoms with Crippen molar-refractivity contribution >= 4 is 27.5 Å². The average molecular weight is 399 g/mol. The molecule has 0 saturated heterocycles. The molecule has 0 aromatic heterocycles. The van der Waals surface area contributed by atoms with Crippen molar-refractivity contribution in [3.05, 3.63) is 40.4 Å². The van der Waals surface area contributed by atoms with Crippen LogP contribution in [0.2, 0.25) is 5.02 Å². The molecule has 1 aromatic carbocycles. The van der Waals surface area contributed by atoms with Crippen molar-refractivity contribution in [1.29, 1.82) is 0 Å². The van der Waals surface area contributed by atoms with Gasteiger partial charge in [-0.25, -0.2) is 8.42 Å². The monoisotopic (exact) mass is 398 g/mol. The van der Waals surface area contributed by atoms with Gasteiger partial charge in [-0.1, -0.05) is 37.1 Å². The molecule has 0 aliphatic heterocycles. The molecule has 0 radical (unpaired) electrons. The summed E-state index contributed by atoms with van der Waals surface area (Å²) in [5.74, 6) is -0.283. The molecular formula is C19H27ClN2O3S. The first-order chi connectivity index (χ1) is 12.4. The van der Waals surface area contributed by atoms with Gasteiger partial charge in [-0.15, -0.1) is 0 Å². The molecule has 1 aliphatic rings. The van der Waals surface area contributed by atoms with Gasteiger partial charge in [0.1, 0.15) is 4.90 Å². The van der Waals surface area contributed by atoms with Crippen molar-refractivity contribution in [3.63, 3.8) is 0 Å². The molecule has 0 bridgehead atoms. The fraction of sp³-hybridized carbons (Fsp3) is 0.526. The van der Waals surface area contributed by atoms with Crippen LogP contribution in [0.4, 0.5) is 0 Å². The summed E-state index contributed by atoms with van der Waals surface area (Å²) in [6, 6.07) is 4.39. The molecule has 0 atom stereocenters. The maximum Gasteiger partial charge on any atom is 0.251 e. The van der Waals surface area contributed by atoms with Crippen molar-refractivity contribution < 1.29 is 13.2 Å². The van der Waals surface area contributed by atoms with E-state index in [4.69, 9.17) is 11.6 Å². The van der Waals surface area contributed by atoms with E-state index in [1.807, 2.05) is 0 Å². The number of nitrogens with one attached hydrogen (secondary N) is 1. The third kappa shape index (κ3) is 5.09. The fourth-order valence-electron chi connectivity index (χ4n) is 3.12. The Morgan fingerprint density at radius 3 is 2.58 bits per heavy atom. The SMILES string of the molecule is CCN(CC)S(=O)(=O)c1cc(C(=O)NCCC2=CCCCC2)ccc1Cl. The number of hydrogen-bond acceptors (Lipinski definition) is 3. The summed E-state index contributed by atoms with van der Waals surface area (Å²) in [7, 11) is -3.71. The topological polar surface area (TPSA) is 66.5 Å². The second-order valence-corrected chi connectivity index (χ2v) is 8.66. The predicted molar refractivity (Wildman–Crippen MR) is 105 cm³/mol. The Kier molecular flexibility index (Phi) is 7.68. The van der Waals surface area contributed by atoms with Gasteiger partial charge in [0.2, 0.25) is 10.0 Å². The minimum atomic E-state index is -3.71. The van der Waals surface area contributed by atoms with Gasteiger partial charge in [0.05, 0.1) is 5.02 Å². The fourth-order valence-corrected chi connectivity index (χ4v) is 5.07. The lowest BCUT2D eigenvalue weighted by molar-refractivity contribution is 0.0954. The van der Waals surface area contributed by atoms with Gasteiger partial charge in [-0.2, -0.15) is 4.31 Å². The standard InChI is InChI=1S/C19H27ClN2O3S/c1-3-22(4-2)26(24,25)18-14-16(10-11-17(18)20)19(23)21-13-12-15-8-6-5-7-9-15/h8,10-11,14H,3-7,9,12-13H2,1-2H3,(H,21,23). The summed E-state index contributed by atoms with van der Waals surface area (Å²) in [6.07, 6.45) is 7.76. The van der Waals surface area contributed by atoms with E-state index in [-0.39, 0.29) is 15.8 Å².